The average molecular weight is 248 g/mol. The van der Waals surface area contributed by atoms with Gasteiger partial charge in [-0.3, -0.25) is 4.74 Å². The summed E-state index contributed by atoms with van der Waals surface area (Å²) < 4.78 is 11.6. The van der Waals surface area contributed by atoms with Gasteiger partial charge in [-0.25, -0.2) is 0 Å². The first-order chi connectivity index (χ1) is 8.69. The highest BCUT2D eigenvalue weighted by Gasteiger charge is 2.67. The summed E-state index contributed by atoms with van der Waals surface area (Å²) in [7, 11) is 1.63. The Kier molecular flexibility index (Phi) is 2.11. The van der Waals surface area contributed by atoms with Gasteiger partial charge in [-0.15, -0.1) is 5.11 Å². The van der Waals surface area contributed by atoms with Crippen LogP contribution in [-0.4, -0.2) is 18.7 Å². The van der Waals surface area contributed by atoms with Gasteiger partial charge in [-0.05, 0) is 24.7 Å². The van der Waals surface area contributed by atoms with Crippen molar-refractivity contribution in [1.29, 1.82) is 0 Å². The lowest BCUT2D eigenvalue weighted by Crippen LogP contribution is -2.41. The van der Waals surface area contributed by atoms with E-state index in [2.05, 4.69) is 22.4 Å². The lowest BCUT2D eigenvalue weighted by atomic mass is 9.73. The molecule has 2 fully saturated rings. The van der Waals surface area contributed by atoms with Gasteiger partial charge in [-0.2, -0.15) is 5.11 Å². The molecule has 1 spiro atoms. The normalized spacial score (nSPS) is 56.6. The third kappa shape index (κ3) is 1.18. The minimum atomic E-state index is -0.879. The molecule has 3 aliphatic carbocycles. The molecule has 4 aliphatic rings. The smallest absolute Gasteiger partial charge is 0.286 e. The second kappa shape index (κ2) is 3.42. The van der Waals surface area contributed by atoms with Gasteiger partial charge in [0.2, 0.25) is 0 Å². The van der Waals surface area contributed by atoms with E-state index < -0.39 is 11.6 Å². The molecule has 1 heterocycles. The molecule has 5 unspecified atom stereocenters. The number of nitrogens with zero attached hydrogens (tertiary/aromatic N) is 2. The fourth-order valence-electron chi connectivity index (χ4n) is 4.58. The van der Waals surface area contributed by atoms with Crippen molar-refractivity contribution in [2.75, 3.05) is 7.11 Å². The molecule has 98 valence electrons. The van der Waals surface area contributed by atoms with Crippen molar-refractivity contribution in [1.82, 2.24) is 0 Å². The minimum absolute atomic E-state index is 0.411. The molecular formula is C14H20N2O2. The topological polar surface area (TPSA) is 43.2 Å². The molecule has 0 aromatic rings. The third-order valence-corrected chi connectivity index (χ3v) is 5.40. The number of rotatable bonds is 1. The van der Waals surface area contributed by atoms with Crippen molar-refractivity contribution in [2.24, 2.45) is 33.9 Å². The molecule has 0 radical (unpaired) electrons. The highest BCUT2D eigenvalue weighted by atomic mass is 16.7. The number of azo groups is 1. The fraction of sp³-hybridized carbons (Fsp3) is 0.857. The largest absolute Gasteiger partial charge is 0.334 e. The SMILES string of the molecule is COC1(C)N=NC2(O1)C1C=CC2C2CCCCC21. The van der Waals surface area contributed by atoms with Crippen molar-refractivity contribution >= 4 is 0 Å². The highest BCUT2D eigenvalue weighted by Crippen LogP contribution is 2.63. The summed E-state index contributed by atoms with van der Waals surface area (Å²) >= 11 is 0. The highest BCUT2D eigenvalue weighted by molar-refractivity contribution is 5.26. The zero-order chi connectivity index (χ0) is 12.4. The van der Waals surface area contributed by atoms with Crippen molar-refractivity contribution in [3.05, 3.63) is 12.2 Å². The standard InChI is InChI=1S/C14H20N2O2/c1-13(17-2)15-16-14(18-13)11-7-8-12(14)10-6-4-3-5-9(10)11/h7-12H,3-6H2,1-2H3. The molecule has 0 N–H and O–H groups in total. The number of hydrogen-bond acceptors (Lipinski definition) is 4. The maximum Gasteiger partial charge on any atom is 0.286 e. The Labute approximate surface area is 107 Å². The van der Waals surface area contributed by atoms with Crippen LogP contribution in [0.2, 0.25) is 0 Å². The molecule has 2 saturated carbocycles. The maximum atomic E-state index is 6.21. The van der Waals surface area contributed by atoms with Crippen LogP contribution in [0.3, 0.4) is 0 Å². The van der Waals surface area contributed by atoms with E-state index in [1.54, 1.807) is 7.11 Å². The van der Waals surface area contributed by atoms with Gasteiger partial charge in [0, 0.05) is 25.9 Å². The lowest BCUT2D eigenvalue weighted by Gasteiger charge is -2.31. The molecule has 1 aliphatic heterocycles. The van der Waals surface area contributed by atoms with Crippen LogP contribution in [0.4, 0.5) is 0 Å². The molecule has 0 saturated heterocycles. The van der Waals surface area contributed by atoms with Gasteiger partial charge in [0.1, 0.15) is 0 Å². The van der Waals surface area contributed by atoms with Crippen molar-refractivity contribution < 1.29 is 9.47 Å². The molecule has 0 aromatic carbocycles. The van der Waals surface area contributed by atoms with E-state index >= 15 is 0 Å². The first kappa shape index (κ1) is 11.1. The zero-order valence-corrected chi connectivity index (χ0v) is 11.0. The minimum Gasteiger partial charge on any atom is -0.334 e. The van der Waals surface area contributed by atoms with Crippen molar-refractivity contribution in [3.63, 3.8) is 0 Å². The van der Waals surface area contributed by atoms with Crippen LogP contribution in [0.5, 0.6) is 0 Å². The number of methoxy groups -OCH3 is 1. The predicted octanol–water partition coefficient (Wildman–Crippen LogP) is 3.11. The number of fused-ring (bicyclic) bond motifs is 3. The van der Waals surface area contributed by atoms with Crippen molar-refractivity contribution in [3.8, 4) is 0 Å². The Morgan fingerprint density at radius 2 is 1.72 bits per heavy atom. The van der Waals surface area contributed by atoms with E-state index in [0.717, 1.165) is 11.8 Å². The Bertz CT molecular complexity index is 412. The van der Waals surface area contributed by atoms with Crippen LogP contribution >= 0.6 is 0 Å². The molecule has 0 amide bonds. The Morgan fingerprint density at radius 1 is 1.11 bits per heavy atom. The molecule has 5 atom stereocenters. The van der Waals surface area contributed by atoms with Gasteiger partial charge in [-0.1, -0.05) is 25.0 Å². The van der Waals surface area contributed by atoms with E-state index in [-0.39, 0.29) is 0 Å². The number of ether oxygens (including phenoxy) is 2. The van der Waals surface area contributed by atoms with Crippen molar-refractivity contribution in [2.45, 2.75) is 44.2 Å². The van der Waals surface area contributed by atoms with Gasteiger partial charge >= 0.3 is 0 Å². The van der Waals surface area contributed by atoms with E-state index in [9.17, 15) is 0 Å². The van der Waals surface area contributed by atoms with Gasteiger partial charge in [0.25, 0.3) is 5.91 Å². The van der Waals surface area contributed by atoms with E-state index in [0.29, 0.717) is 11.8 Å². The quantitative estimate of drug-likeness (QED) is 0.669. The molecule has 2 bridgehead atoms. The summed E-state index contributed by atoms with van der Waals surface area (Å²) in [5.74, 6) is 1.43. The summed E-state index contributed by atoms with van der Waals surface area (Å²) in [5, 5.41) is 8.82. The zero-order valence-electron chi connectivity index (χ0n) is 11.0. The van der Waals surface area contributed by atoms with E-state index in [1.807, 2.05) is 6.92 Å². The third-order valence-electron chi connectivity index (χ3n) is 5.40. The predicted molar refractivity (Wildman–Crippen MR) is 65.7 cm³/mol. The summed E-state index contributed by atoms with van der Waals surface area (Å²) in [4.78, 5) is 0. The Hall–Kier alpha value is -0.740. The summed E-state index contributed by atoms with van der Waals surface area (Å²) in [5.41, 5.74) is -0.440. The summed E-state index contributed by atoms with van der Waals surface area (Å²) in [6.45, 7) is 1.85. The van der Waals surface area contributed by atoms with Crippen LogP contribution in [-0.2, 0) is 9.47 Å². The van der Waals surface area contributed by atoms with E-state index in [4.69, 9.17) is 9.47 Å². The van der Waals surface area contributed by atoms with Gasteiger partial charge < -0.3 is 4.74 Å². The van der Waals surface area contributed by atoms with Crippen LogP contribution in [0, 0.1) is 23.7 Å². The average Bonchev–Trinajstić information content (AvgIpc) is 3.02. The molecule has 4 nitrogen and oxygen atoms in total. The summed E-state index contributed by atoms with van der Waals surface area (Å²) in [6, 6.07) is 0. The first-order valence-electron chi connectivity index (χ1n) is 7.06. The second-order valence-corrected chi connectivity index (χ2v) is 6.20. The molecule has 0 aromatic heterocycles. The van der Waals surface area contributed by atoms with Gasteiger partial charge in [0.15, 0.2) is 5.72 Å². The molecule has 4 heteroatoms. The maximum absolute atomic E-state index is 6.21. The number of hydrogen-bond donors (Lipinski definition) is 0. The lowest BCUT2D eigenvalue weighted by molar-refractivity contribution is -0.246. The van der Waals surface area contributed by atoms with Crippen LogP contribution in [0.25, 0.3) is 0 Å². The fourth-order valence-corrected chi connectivity index (χ4v) is 4.58. The monoisotopic (exact) mass is 248 g/mol. The molecule has 18 heavy (non-hydrogen) atoms. The van der Waals surface area contributed by atoms with Crippen LogP contribution < -0.4 is 0 Å². The second-order valence-electron chi connectivity index (χ2n) is 6.20. The molecule has 4 rings (SSSR count). The van der Waals surface area contributed by atoms with Crippen LogP contribution in [0.15, 0.2) is 22.4 Å². The Morgan fingerprint density at radius 3 is 2.22 bits per heavy atom. The van der Waals surface area contributed by atoms with Crippen LogP contribution in [0.1, 0.15) is 32.6 Å². The summed E-state index contributed by atoms with van der Waals surface area (Å²) in [6.07, 6.45) is 9.98. The van der Waals surface area contributed by atoms with Gasteiger partial charge in [0.05, 0.1) is 0 Å². The van der Waals surface area contributed by atoms with E-state index in [1.165, 1.54) is 25.7 Å². The molecular weight excluding hydrogens is 228 g/mol. The first-order valence-corrected chi connectivity index (χ1v) is 7.06. The Balaban J connectivity index is 1.71.